The molecule has 3 heteroatoms. The van der Waals surface area contributed by atoms with Crippen LogP contribution in [0.3, 0.4) is 0 Å². The fourth-order valence-electron chi connectivity index (χ4n) is 3.42. The molecule has 0 aromatic heterocycles. The maximum absolute atomic E-state index is 9.58. The number of benzene rings is 1. The highest BCUT2D eigenvalue weighted by Gasteiger charge is 2.27. The van der Waals surface area contributed by atoms with Gasteiger partial charge in [-0.2, -0.15) is 0 Å². The molecule has 1 heterocycles. The second-order valence-electron chi connectivity index (χ2n) is 6.34. The summed E-state index contributed by atoms with van der Waals surface area (Å²) in [6.07, 6.45) is 4.45. The van der Waals surface area contributed by atoms with Crippen LogP contribution >= 0.6 is 0 Å². The van der Waals surface area contributed by atoms with E-state index >= 15 is 0 Å². The summed E-state index contributed by atoms with van der Waals surface area (Å²) in [4.78, 5) is 2.57. The molecule has 2 unspecified atom stereocenters. The molecule has 2 N–H and O–H groups in total. The Kier molecular flexibility index (Phi) is 6.22. The fourth-order valence-corrected chi connectivity index (χ4v) is 3.42. The van der Waals surface area contributed by atoms with E-state index in [0.717, 1.165) is 25.8 Å². The molecule has 1 fully saturated rings. The third kappa shape index (κ3) is 4.29. The number of likely N-dealkylation sites (tertiary alicyclic amines) is 1. The summed E-state index contributed by atoms with van der Waals surface area (Å²) in [6, 6.07) is 10.9. The summed E-state index contributed by atoms with van der Waals surface area (Å²) in [5.74, 6) is 0.698. The molecule has 1 aliphatic heterocycles. The maximum Gasteiger partial charge on any atom is 0.0613 e. The molecule has 1 saturated heterocycles. The highest BCUT2D eigenvalue weighted by molar-refractivity contribution is 5.20. The van der Waals surface area contributed by atoms with Crippen LogP contribution in [-0.4, -0.2) is 48.8 Å². The van der Waals surface area contributed by atoms with Crippen LogP contribution in [0.15, 0.2) is 30.3 Å². The van der Waals surface area contributed by atoms with Crippen molar-refractivity contribution >= 4 is 0 Å². The second kappa shape index (κ2) is 7.92. The van der Waals surface area contributed by atoms with Crippen molar-refractivity contribution in [3.63, 3.8) is 0 Å². The minimum absolute atomic E-state index is 0.0848. The number of rotatable bonds is 8. The van der Waals surface area contributed by atoms with E-state index in [9.17, 15) is 5.11 Å². The van der Waals surface area contributed by atoms with Crippen LogP contribution in [-0.2, 0) is 0 Å². The number of likely N-dealkylation sites (N-methyl/N-ethyl adjacent to an activating group) is 1. The highest BCUT2D eigenvalue weighted by Crippen LogP contribution is 2.27. The SMILES string of the molecule is CCC(CO)(CCCN1CCC(c2ccccc2)C1)NC. The molecule has 2 atom stereocenters. The summed E-state index contributed by atoms with van der Waals surface area (Å²) < 4.78 is 0. The maximum atomic E-state index is 9.58. The van der Waals surface area contributed by atoms with Gasteiger partial charge in [0.05, 0.1) is 6.61 Å². The van der Waals surface area contributed by atoms with Gasteiger partial charge in [-0.25, -0.2) is 0 Å². The number of hydrogen-bond donors (Lipinski definition) is 2. The van der Waals surface area contributed by atoms with Crippen molar-refractivity contribution in [2.45, 2.75) is 44.1 Å². The molecule has 1 aromatic carbocycles. The Balaban J connectivity index is 1.76. The summed E-state index contributed by atoms with van der Waals surface area (Å²) in [5.41, 5.74) is 1.40. The largest absolute Gasteiger partial charge is 0.394 e. The lowest BCUT2D eigenvalue weighted by Crippen LogP contribution is -2.46. The van der Waals surface area contributed by atoms with Crippen LogP contribution in [0.2, 0.25) is 0 Å². The standard InChI is InChI=1S/C18H30N2O/c1-3-18(15-21,19-2)11-7-12-20-13-10-17(14-20)16-8-5-4-6-9-16/h4-6,8-9,17,19,21H,3,7,10-15H2,1-2H3. The molecule has 0 bridgehead atoms. The molecule has 0 saturated carbocycles. The van der Waals surface area contributed by atoms with Crippen LogP contribution in [0.25, 0.3) is 0 Å². The smallest absolute Gasteiger partial charge is 0.0613 e. The molecule has 1 aliphatic rings. The Labute approximate surface area is 129 Å². The van der Waals surface area contributed by atoms with Crippen LogP contribution in [0.4, 0.5) is 0 Å². The minimum atomic E-state index is -0.0848. The normalized spacial score (nSPS) is 22.3. The monoisotopic (exact) mass is 290 g/mol. The van der Waals surface area contributed by atoms with Gasteiger partial charge in [0, 0.05) is 12.1 Å². The molecular formula is C18H30N2O. The summed E-state index contributed by atoms with van der Waals surface area (Å²) >= 11 is 0. The highest BCUT2D eigenvalue weighted by atomic mass is 16.3. The van der Waals surface area contributed by atoms with Gasteiger partial charge in [0.2, 0.25) is 0 Å². The number of nitrogens with zero attached hydrogens (tertiary/aromatic N) is 1. The summed E-state index contributed by atoms with van der Waals surface area (Å²) in [6.45, 7) is 5.91. The zero-order valence-electron chi connectivity index (χ0n) is 13.5. The van der Waals surface area contributed by atoms with Crippen molar-refractivity contribution < 1.29 is 5.11 Å². The molecule has 0 radical (unpaired) electrons. The van der Waals surface area contributed by atoms with Gasteiger partial charge in [0.15, 0.2) is 0 Å². The molecular weight excluding hydrogens is 260 g/mol. The Morgan fingerprint density at radius 1 is 1.33 bits per heavy atom. The Morgan fingerprint density at radius 3 is 2.71 bits per heavy atom. The average molecular weight is 290 g/mol. The topological polar surface area (TPSA) is 35.5 Å². The molecule has 21 heavy (non-hydrogen) atoms. The van der Waals surface area contributed by atoms with Crippen LogP contribution in [0.1, 0.15) is 44.1 Å². The lowest BCUT2D eigenvalue weighted by molar-refractivity contribution is 0.147. The zero-order valence-corrected chi connectivity index (χ0v) is 13.5. The molecule has 0 spiro atoms. The van der Waals surface area contributed by atoms with Gasteiger partial charge in [-0.1, -0.05) is 37.3 Å². The Bertz CT molecular complexity index is 395. The average Bonchev–Trinajstić information content (AvgIpc) is 3.02. The first kappa shape index (κ1) is 16.5. The van der Waals surface area contributed by atoms with E-state index < -0.39 is 0 Å². The summed E-state index contributed by atoms with van der Waals surface area (Å²) in [7, 11) is 1.96. The van der Waals surface area contributed by atoms with Gasteiger partial charge < -0.3 is 15.3 Å². The van der Waals surface area contributed by atoms with E-state index in [1.54, 1.807) is 0 Å². The van der Waals surface area contributed by atoms with E-state index in [4.69, 9.17) is 0 Å². The molecule has 0 aliphatic carbocycles. The summed E-state index contributed by atoms with van der Waals surface area (Å²) in [5, 5.41) is 12.9. The van der Waals surface area contributed by atoms with Crippen molar-refractivity contribution in [2.24, 2.45) is 0 Å². The third-order valence-electron chi connectivity index (χ3n) is 5.18. The Hall–Kier alpha value is -0.900. The number of aliphatic hydroxyl groups excluding tert-OH is 1. The quantitative estimate of drug-likeness (QED) is 0.772. The van der Waals surface area contributed by atoms with Gasteiger partial charge in [-0.15, -0.1) is 0 Å². The van der Waals surface area contributed by atoms with E-state index in [1.165, 1.54) is 25.1 Å². The molecule has 0 amide bonds. The van der Waals surface area contributed by atoms with E-state index in [2.05, 4.69) is 47.5 Å². The first-order valence-corrected chi connectivity index (χ1v) is 8.30. The lowest BCUT2D eigenvalue weighted by Gasteiger charge is -2.31. The van der Waals surface area contributed by atoms with Crippen molar-refractivity contribution in [1.29, 1.82) is 0 Å². The van der Waals surface area contributed by atoms with E-state index in [0.29, 0.717) is 5.92 Å². The minimum Gasteiger partial charge on any atom is -0.394 e. The first-order valence-electron chi connectivity index (χ1n) is 8.30. The van der Waals surface area contributed by atoms with Gasteiger partial charge in [-0.3, -0.25) is 0 Å². The van der Waals surface area contributed by atoms with E-state index in [1.807, 2.05) is 7.05 Å². The fraction of sp³-hybridized carbons (Fsp3) is 0.667. The first-order chi connectivity index (χ1) is 10.2. The lowest BCUT2D eigenvalue weighted by atomic mass is 9.91. The van der Waals surface area contributed by atoms with Gasteiger partial charge in [0.1, 0.15) is 0 Å². The van der Waals surface area contributed by atoms with Gasteiger partial charge in [-0.05, 0) is 57.3 Å². The third-order valence-corrected chi connectivity index (χ3v) is 5.18. The number of aliphatic hydroxyl groups is 1. The predicted octanol–water partition coefficient (Wildman–Crippen LogP) is 2.62. The van der Waals surface area contributed by atoms with Gasteiger partial charge in [0.25, 0.3) is 0 Å². The van der Waals surface area contributed by atoms with E-state index in [-0.39, 0.29) is 12.1 Å². The van der Waals surface area contributed by atoms with Crippen LogP contribution < -0.4 is 5.32 Å². The predicted molar refractivity (Wildman–Crippen MR) is 88.6 cm³/mol. The molecule has 3 nitrogen and oxygen atoms in total. The number of nitrogens with one attached hydrogen (secondary N) is 1. The molecule has 2 rings (SSSR count). The second-order valence-corrected chi connectivity index (χ2v) is 6.34. The van der Waals surface area contributed by atoms with Crippen molar-refractivity contribution in [1.82, 2.24) is 10.2 Å². The zero-order chi connectivity index (χ0) is 15.1. The Morgan fingerprint density at radius 2 is 2.10 bits per heavy atom. The van der Waals surface area contributed by atoms with Gasteiger partial charge >= 0.3 is 0 Å². The number of hydrogen-bond acceptors (Lipinski definition) is 3. The molecule has 1 aromatic rings. The molecule has 118 valence electrons. The van der Waals surface area contributed by atoms with Crippen molar-refractivity contribution in [3.05, 3.63) is 35.9 Å². The van der Waals surface area contributed by atoms with Crippen LogP contribution in [0.5, 0.6) is 0 Å². The van der Waals surface area contributed by atoms with Crippen molar-refractivity contribution in [2.75, 3.05) is 33.3 Å². The van der Waals surface area contributed by atoms with Crippen molar-refractivity contribution in [3.8, 4) is 0 Å². The van der Waals surface area contributed by atoms with Crippen LogP contribution in [0, 0.1) is 0 Å².